The Hall–Kier alpha value is -1.93. The number of primary amides is 1. The number of carbonyl (C=O) groups is 2. The molecular formula is C28H45N3O4S. The molecule has 2 aliphatic heterocycles. The summed E-state index contributed by atoms with van der Waals surface area (Å²) in [5.41, 5.74) is 7.26. The van der Waals surface area contributed by atoms with Crippen LogP contribution in [0.3, 0.4) is 0 Å². The second-order valence-corrected chi connectivity index (χ2v) is 13.9. The van der Waals surface area contributed by atoms with Crippen molar-refractivity contribution < 1.29 is 18.0 Å². The van der Waals surface area contributed by atoms with Gasteiger partial charge in [-0.2, -0.15) is 0 Å². The second kappa shape index (κ2) is 11.6. The molecule has 0 aromatic heterocycles. The van der Waals surface area contributed by atoms with Gasteiger partial charge in [0.25, 0.3) is 0 Å². The van der Waals surface area contributed by atoms with Crippen molar-refractivity contribution in [3.8, 4) is 0 Å². The number of carbonyl (C=O) groups excluding carboxylic acids is 2. The first-order chi connectivity index (χ1) is 16.9. The molecule has 2 N–H and O–H groups in total. The Labute approximate surface area is 217 Å². The lowest BCUT2D eigenvalue weighted by molar-refractivity contribution is -0.134. The van der Waals surface area contributed by atoms with Crippen LogP contribution in [0.25, 0.3) is 0 Å². The molecule has 8 heteroatoms. The number of nitrogens with zero attached hydrogens (tertiary/aromatic N) is 2. The minimum absolute atomic E-state index is 0.284. The molecule has 2 bridgehead atoms. The summed E-state index contributed by atoms with van der Waals surface area (Å²) in [7, 11) is -3.52. The third-order valence-electron chi connectivity index (χ3n) is 8.73. The number of piperidine rings is 1. The van der Waals surface area contributed by atoms with Crippen molar-refractivity contribution in [1.29, 1.82) is 0 Å². The van der Waals surface area contributed by atoms with Crippen LogP contribution in [0.2, 0.25) is 0 Å². The van der Waals surface area contributed by atoms with E-state index in [9.17, 15) is 18.0 Å². The van der Waals surface area contributed by atoms with Gasteiger partial charge in [0.1, 0.15) is 4.75 Å². The van der Waals surface area contributed by atoms with E-state index < -0.39 is 14.6 Å². The van der Waals surface area contributed by atoms with Gasteiger partial charge in [0.05, 0.1) is 0 Å². The van der Waals surface area contributed by atoms with E-state index in [0.717, 1.165) is 44.9 Å². The van der Waals surface area contributed by atoms with Gasteiger partial charge in [-0.15, -0.1) is 0 Å². The Bertz CT molecular complexity index is 1020. The molecule has 2 heterocycles. The van der Waals surface area contributed by atoms with Crippen molar-refractivity contribution in [3.05, 3.63) is 35.4 Å². The van der Waals surface area contributed by atoms with Crippen LogP contribution in [-0.4, -0.2) is 72.8 Å². The predicted molar refractivity (Wildman–Crippen MR) is 145 cm³/mol. The number of nitrogens with two attached hydrogens (primary N) is 1. The van der Waals surface area contributed by atoms with Crippen LogP contribution in [0.1, 0.15) is 94.5 Å². The Morgan fingerprint density at radius 3 is 2.28 bits per heavy atom. The first kappa shape index (κ1) is 28.6. The van der Waals surface area contributed by atoms with Crippen LogP contribution < -0.4 is 5.73 Å². The topological polar surface area (TPSA) is 101 Å². The van der Waals surface area contributed by atoms with Crippen LogP contribution in [0, 0.1) is 5.92 Å². The van der Waals surface area contributed by atoms with Gasteiger partial charge < -0.3 is 10.6 Å². The van der Waals surface area contributed by atoms with Crippen molar-refractivity contribution in [1.82, 2.24) is 9.80 Å². The summed E-state index contributed by atoms with van der Waals surface area (Å²) in [4.78, 5) is 29.4. The minimum atomic E-state index is -3.52. The van der Waals surface area contributed by atoms with E-state index in [1.165, 1.54) is 32.3 Å². The van der Waals surface area contributed by atoms with Crippen molar-refractivity contribution in [2.24, 2.45) is 11.7 Å². The summed E-state index contributed by atoms with van der Waals surface area (Å²) < 4.78 is 23.3. The van der Waals surface area contributed by atoms with E-state index >= 15 is 0 Å². The van der Waals surface area contributed by atoms with Gasteiger partial charge in [0.2, 0.25) is 11.8 Å². The number of rotatable bonds is 12. The van der Waals surface area contributed by atoms with Crippen LogP contribution in [-0.2, 0) is 14.6 Å². The molecule has 36 heavy (non-hydrogen) atoms. The summed E-state index contributed by atoms with van der Waals surface area (Å²) in [5, 5.41) is 0. The number of sulfone groups is 1. The van der Waals surface area contributed by atoms with Gasteiger partial charge in [0.15, 0.2) is 9.84 Å². The molecule has 1 aromatic rings. The third-order valence-corrected chi connectivity index (χ3v) is 10.8. The smallest absolute Gasteiger partial charge is 0.248 e. The predicted octanol–water partition coefficient (Wildman–Crippen LogP) is 3.97. The molecule has 7 nitrogen and oxygen atoms in total. The quantitative estimate of drug-likeness (QED) is 0.450. The lowest BCUT2D eigenvalue weighted by Crippen LogP contribution is -2.51. The van der Waals surface area contributed by atoms with E-state index in [0.29, 0.717) is 42.6 Å². The lowest BCUT2D eigenvalue weighted by atomic mass is 9.84. The van der Waals surface area contributed by atoms with Gasteiger partial charge in [-0.25, -0.2) is 8.42 Å². The highest BCUT2D eigenvalue weighted by Gasteiger charge is 2.43. The van der Waals surface area contributed by atoms with Gasteiger partial charge in [-0.05, 0) is 75.5 Å². The molecule has 0 spiro atoms. The normalized spacial score (nSPS) is 22.7. The molecule has 2 aliphatic rings. The van der Waals surface area contributed by atoms with Gasteiger partial charge in [-0.1, -0.05) is 38.8 Å². The van der Waals surface area contributed by atoms with E-state index in [1.54, 1.807) is 6.07 Å². The molecule has 3 atom stereocenters. The third kappa shape index (κ3) is 6.31. The summed E-state index contributed by atoms with van der Waals surface area (Å²) in [5.74, 6) is 0.130. The van der Waals surface area contributed by atoms with Crippen molar-refractivity contribution in [2.75, 3.05) is 25.9 Å². The zero-order valence-electron chi connectivity index (χ0n) is 22.7. The summed E-state index contributed by atoms with van der Waals surface area (Å²) in [6.45, 7) is 9.41. The summed E-state index contributed by atoms with van der Waals surface area (Å²) >= 11 is 0. The molecule has 2 amide bonds. The van der Waals surface area contributed by atoms with Crippen LogP contribution in [0.4, 0.5) is 0 Å². The maximum Gasteiger partial charge on any atom is 0.248 e. The molecule has 2 fully saturated rings. The van der Waals surface area contributed by atoms with Crippen LogP contribution >= 0.6 is 0 Å². The lowest BCUT2D eigenvalue weighted by Gasteiger charge is -2.40. The fourth-order valence-electron chi connectivity index (χ4n) is 5.98. The number of hydrogen-bond acceptors (Lipinski definition) is 5. The maximum atomic E-state index is 13.4. The SMILES string of the molecule is CCC(CC)CN(CCCN1[C@@H]2CC[C@H]1C[C@@H](c1cccc(C(N)=O)c1)C2)C(=O)C(C)(C)S(C)(=O)=O. The average Bonchev–Trinajstić information content (AvgIpc) is 3.06. The van der Waals surface area contributed by atoms with Gasteiger partial charge >= 0.3 is 0 Å². The largest absolute Gasteiger partial charge is 0.366 e. The summed E-state index contributed by atoms with van der Waals surface area (Å²) in [6.07, 6.45) is 8.40. The molecular weight excluding hydrogens is 474 g/mol. The first-order valence-corrected chi connectivity index (χ1v) is 15.4. The van der Waals surface area contributed by atoms with E-state index in [-0.39, 0.29) is 11.8 Å². The fraction of sp³-hybridized carbons (Fsp3) is 0.714. The van der Waals surface area contributed by atoms with E-state index in [1.807, 2.05) is 17.0 Å². The highest BCUT2D eigenvalue weighted by molar-refractivity contribution is 7.92. The van der Waals surface area contributed by atoms with Crippen LogP contribution in [0.5, 0.6) is 0 Å². The first-order valence-electron chi connectivity index (χ1n) is 13.5. The summed E-state index contributed by atoms with van der Waals surface area (Å²) in [6, 6.07) is 8.76. The van der Waals surface area contributed by atoms with E-state index in [2.05, 4.69) is 24.8 Å². The van der Waals surface area contributed by atoms with E-state index in [4.69, 9.17) is 5.73 Å². The standard InChI is InChI=1S/C28H45N3O4S/c1-6-20(7-2)19-30(27(33)28(3,4)36(5,34)35)14-9-15-31-24-12-13-25(31)18-23(17-24)21-10-8-11-22(16-21)26(29)32/h8,10-11,16,20,23-25H,6-7,9,12-15,17-19H2,1-5H3,(H2,29,32)/t23-,24+,25-. The van der Waals surface area contributed by atoms with Crippen molar-refractivity contribution in [3.63, 3.8) is 0 Å². The number of amides is 2. The minimum Gasteiger partial charge on any atom is -0.366 e. The Balaban J connectivity index is 1.64. The molecule has 2 saturated heterocycles. The Morgan fingerprint density at radius 2 is 1.75 bits per heavy atom. The number of benzene rings is 1. The highest BCUT2D eigenvalue weighted by Crippen LogP contribution is 2.43. The van der Waals surface area contributed by atoms with Crippen molar-refractivity contribution in [2.45, 2.75) is 95.4 Å². The number of hydrogen-bond donors (Lipinski definition) is 1. The molecule has 0 unspecified atom stereocenters. The molecule has 0 aliphatic carbocycles. The van der Waals surface area contributed by atoms with Crippen molar-refractivity contribution >= 4 is 21.7 Å². The second-order valence-electron chi connectivity index (χ2n) is 11.4. The Morgan fingerprint density at radius 1 is 1.14 bits per heavy atom. The number of fused-ring (bicyclic) bond motifs is 2. The molecule has 3 rings (SSSR count). The highest BCUT2D eigenvalue weighted by atomic mass is 32.2. The average molecular weight is 520 g/mol. The zero-order valence-corrected chi connectivity index (χ0v) is 23.5. The van der Waals surface area contributed by atoms with Crippen LogP contribution in [0.15, 0.2) is 24.3 Å². The molecule has 0 saturated carbocycles. The maximum absolute atomic E-state index is 13.4. The molecule has 1 aromatic carbocycles. The van der Waals surface area contributed by atoms with Gasteiger partial charge in [0, 0.05) is 43.5 Å². The zero-order chi connectivity index (χ0) is 26.7. The fourth-order valence-corrected chi connectivity index (χ4v) is 6.42. The monoisotopic (exact) mass is 519 g/mol. The Kier molecular flexibility index (Phi) is 9.25. The molecule has 202 valence electrons. The van der Waals surface area contributed by atoms with Gasteiger partial charge in [-0.3, -0.25) is 14.5 Å². The molecule has 0 radical (unpaired) electrons.